The molecule has 0 atom stereocenters. The van der Waals surface area contributed by atoms with Crippen LogP contribution in [0.5, 0.6) is 0 Å². The fourth-order valence-electron chi connectivity index (χ4n) is 3.22. The number of anilines is 1. The molecule has 0 radical (unpaired) electrons. The van der Waals surface area contributed by atoms with E-state index < -0.39 is 0 Å². The summed E-state index contributed by atoms with van der Waals surface area (Å²) < 4.78 is 5.85. The van der Waals surface area contributed by atoms with Gasteiger partial charge in [0.05, 0.1) is 0 Å². The highest BCUT2D eigenvalue weighted by molar-refractivity contribution is 5.94. The second kappa shape index (κ2) is 8.17. The lowest BCUT2D eigenvalue weighted by atomic mass is 9.97. The summed E-state index contributed by atoms with van der Waals surface area (Å²) in [5.41, 5.74) is 4.32. The molecule has 0 saturated carbocycles. The van der Waals surface area contributed by atoms with Crippen molar-refractivity contribution in [3.05, 3.63) is 48.0 Å². The van der Waals surface area contributed by atoms with Crippen molar-refractivity contribution in [2.45, 2.75) is 46.5 Å². The van der Waals surface area contributed by atoms with Crippen molar-refractivity contribution >= 4 is 22.7 Å². The third-order valence-corrected chi connectivity index (χ3v) is 4.68. The summed E-state index contributed by atoms with van der Waals surface area (Å²) in [5.74, 6) is 0.740. The highest BCUT2D eigenvalue weighted by Gasteiger charge is 2.18. The summed E-state index contributed by atoms with van der Waals surface area (Å²) in [6.45, 7) is 6.24. The van der Waals surface area contributed by atoms with Crippen LogP contribution in [0.25, 0.3) is 22.6 Å². The summed E-state index contributed by atoms with van der Waals surface area (Å²) in [7, 11) is 0. The molecule has 26 heavy (non-hydrogen) atoms. The molecule has 0 spiro atoms. The molecule has 0 unspecified atom stereocenters. The summed E-state index contributed by atoms with van der Waals surface area (Å²) >= 11 is 0. The number of benzene rings is 2. The van der Waals surface area contributed by atoms with Crippen molar-refractivity contribution in [1.29, 1.82) is 0 Å². The number of carbonyl (C=O) groups is 1. The molecule has 3 aromatic rings. The number of hydrogen-bond acceptors (Lipinski definition) is 3. The first-order valence-corrected chi connectivity index (χ1v) is 9.39. The van der Waals surface area contributed by atoms with Crippen molar-refractivity contribution in [3.8, 4) is 11.5 Å². The third-order valence-electron chi connectivity index (χ3n) is 4.68. The number of para-hydroxylation sites is 2. The molecular formula is C22H26N2O2. The van der Waals surface area contributed by atoms with Gasteiger partial charge in [0, 0.05) is 17.2 Å². The van der Waals surface area contributed by atoms with E-state index in [-0.39, 0.29) is 11.8 Å². The first-order chi connectivity index (χ1) is 12.6. The molecule has 4 nitrogen and oxygen atoms in total. The quantitative estimate of drug-likeness (QED) is 0.572. The van der Waals surface area contributed by atoms with E-state index in [0.717, 1.165) is 53.6 Å². The number of nitrogens with zero attached hydrogens (tertiary/aromatic N) is 1. The minimum Gasteiger partial charge on any atom is -0.436 e. The maximum absolute atomic E-state index is 12.7. The zero-order valence-corrected chi connectivity index (χ0v) is 15.7. The Hall–Kier alpha value is -2.62. The number of fused-ring (bicyclic) bond motifs is 1. The van der Waals surface area contributed by atoms with Gasteiger partial charge in [-0.15, -0.1) is 0 Å². The van der Waals surface area contributed by atoms with Gasteiger partial charge >= 0.3 is 0 Å². The number of aryl methyl sites for hydroxylation is 1. The predicted octanol–water partition coefficient (Wildman–Crippen LogP) is 5.96. The molecule has 3 rings (SSSR count). The molecule has 4 heteroatoms. The van der Waals surface area contributed by atoms with Crippen LogP contribution in [0.3, 0.4) is 0 Å². The third kappa shape index (κ3) is 3.96. The topological polar surface area (TPSA) is 55.1 Å². The Morgan fingerprint density at radius 3 is 2.54 bits per heavy atom. The van der Waals surface area contributed by atoms with Crippen LogP contribution < -0.4 is 5.32 Å². The summed E-state index contributed by atoms with van der Waals surface area (Å²) in [5, 5.41) is 3.12. The first-order valence-electron chi connectivity index (χ1n) is 9.39. The number of amides is 1. The Morgan fingerprint density at radius 2 is 1.85 bits per heavy atom. The maximum atomic E-state index is 12.7. The molecule has 0 aliphatic rings. The summed E-state index contributed by atoms with van der Waals surface area (Å²) in [4.78, 5) is 17.2. The van der Waals surface area contributed by atoms with Gasteiger partial charge in [0.2, 0.25) is 11.8 Å². The van der Waals surface area contributed by atoms with Gasteiger partial charge in [-0.3, -0.25) is 4.79 Å². The molecule has 1 aromatic heterocycles. The molecule has 0 aliphatic carbocycles. The Morgan fingerprint density at radius 1 is 1.12 bits per heavy atom. The molecule has 1 N–H and O–H groups in total. The second-order valence-electron chi connectivity index (χ2n) is 6.78. The molecule has 1 heterocycles. The maximum Gasteiger partial charge on any atom is 0.227 e. The Labute approximate surface area is 154 Å². The number of aromatic nitrogens is 1. The summed E-state index contributed by atoms with van der Waals surface area (Å²) in [6, 6.07) is 13.6. The van der Waals surface area contributed by atoms with Crippen LogP contribution in [0.1, 0.15) is 45.1 Å². The van der Waals surface area contributed by atoms with Crippen LogP contribution in [-0.2, 0) is 4.79 Å². The number of hydrogen-bond donors (Lipinski definition) is 1. The molecule has 0 saturated heterocycles. The molecular weight excluding hydrogens is 324 g/mol. The fraction of sp³-hybridized carbons (Fsp3) is 0.364. The van der Waals surface area contributed by atoms with Gasteiger partial charge < -0.3 is 9.73 Å². The number of nitrogens with one attached hydrogen (secondary N) is 1. The predicted molar refractivity (Wildman–Crippen MR) is 106 cm³/mol. The smallest absolute Gasteiger partial charge is 0.227 e. The number of oxazole rings is 1. The van der Waals surface area contributed by atoms with E-state index in [1.54, 1.807) is 0 Å². The van der Waals surface area contributed by atoms with Crippen LogP contribution in [0.4, 0.5) is 5.69 Å². The molecule has 1 amide bonds. The van der Waals surface area contributed by atoms with E-state index in [0.29, 0.717) is 5.89 Å². The average molecular weight is 350 g/mol. The largest absolute Gasteiger partial charge is 0.436 e. The number of carbonyl (C=O) groups excluding carboxylic acids is 1. The standard InChI is InChI=1S/C22H26N2O2/c1-4-8-16(9-5-2)21(25)23-19-14-17(13-12-15(19)3)22-24-18-10-6-7-11-20(18)26-22/h6-7,10-14,16H,4-5,8-9H2,1-3H3,(H,23,25). The zero-order valence-electron chi connectivity index (χ0n) is 15.7. The minimum atomic E-state index is 0.0670. The van der Waals surface area contributed by atoms with Crippen LogP contribution in [-0.4, -0.2) is 10.9 Å². The lowest BCUT2D eigenvalue weighted by molar-refractivity contribution is -0.120. The van der Waals surface area contributed by atoms with Crippen LogP contribution in [0.2, 0.25) is 0 Å². The van der Waals surface area contributed by atoms with Gasteiger partial charge in [0.15, 0.2) is 5.58 Å². The van der Waals surface area contributed by atoms with Crippen molar-refractivity contribution in [2.24, 2.45) is 5.92 Å². The first kappa shape index (κ1) is 18.2. The van der Waals surface area contributed by atoms with Gasteiger partial charge in [-0.1, -0.05) is 44.9 Å². The van der Waals surface area contributed by atoms with E-state index in [1.165, 1.54) is 0 Å². The molecule has 136 valence electrons. The van der Waals surface area contributed by atoms with Crippen molar-refractivity contribution in [1.82, 2.24) is 4.98 Å². The van der Waals surface area contributed by atoms with Crippen LogP contribution in [0.15, 0.2) is 46.9 Å². The molecule has 0 bridgehead atoms. The highest BCUT2D eigenvalue weighted by atomic mass is 16.3. The van der Waals surface area contributed by atoms with Gasteiger partial charge in [-0.25, -0.2) is 4.98 Å². The van der Waals surface area contributed by atoms with Gasteiger partial charge in [-0.2, -0.15) is 0 Å². The zero-order chi connectivity index (χ0) is 18.5. The number of rotatable bonds is 7. The average Bonchev–Trinajstić information content (AvgIpc) is 3.07. The lowest BCUT2D eigenvalue weighted by Gasteiger charge is -2.16. The Balaban J connectivity index is 1.86. The van der Waals surface area contributed by atoms with E-state index >= 15 is 0 Å². The monoisotopic (exact) mass is 350 g/mol. The molecule has 0 aliphatic heterocycles. The van der Waals surface area contributed by atoms with E-state index in [9.17, 15) is 4.79 Å². The highest BCUT2D eigenvalue weighted by Crippen LogP contribution is 2.28. The molecule has 0 fully saturated rings. The fourth-order valence-corrected chi connectivity index (χ4v) is 3.22. The normalized spacial score (nSPS) is 11.2. The van der Waals surface area contributed by atoms with Crippen molar-refractivity contribution in [2.75, 3.05) is 5.32 Å². The van der Waals surface area contributed by atoms with Crippen LogP contribution in [0, 0.1) is 12.8 Å². The van der Waals surface area contributed by atoms with Crippen molar-refractivity contribution in [3.63, 3.8) is 0 Å². The summed E-state index contributed by atoms with van der Waals surface area (Å²) in [6.07, 6.45) is 3.87. The Bertz CT molecular complexity index is 859. The van der Waals surface area contributed by atoms with E-state index in [4.69, 9.17) is 4.42 Å². The van der Waals surface area contributed by atoms with Gasteiger partial charge in [0.25, 0.3) is 0 Å². The SMILES string of the molecule is CCCC(CCC)C(=O)Nc1cc(-c2nc3ccccc3o2)ccc1C. The van der Waals surface area contributed by atoms with Crippen molar-refractivity contribution < 1.29 is 9.21 Å². The van der Waals surface area contributed by atoms with E-state index in [1.807, 2.05) is 49.4 Å². The van der Waals surface area contributed by atoms with Crippen LogP contribution >= 0.6 is 0 Å². The lowest BCUT2D eigenvalue weighted by Crippen LogP contribution is -2.23. The molecule has 2 aromatic carbocycles. The second-order valence-corrected chi connectivity index (χ2v) is 6.78. The van der Waals surface area contributed by atoms with E-state index in [2.05, 4.69) is 24.1 Å². The minimum absolute atomic E-state index is 0.0670. The Kier molecular flexibility index (Phi) is 5.71. The van der Waals surface area contributed by atoms with Gasteiger partial charge in [0.1, 0.15) is 5.52 Å². The van der Waals surface area contributed by atoms with Gasteiger partial charge in [-0.05, 0) is 49.6 Å².